The van der Waals surface area contributed by atoms with Crippen molar-refractivity contribution in [3.05, 3.63) is 70.9 Å². The molecule has 1 N–H and O–H groups in total. The molecule has 2 atom stereocenters. The normalized spacial score (nSPS) is 18.1. The quantitative estimate of drug-likeness (QED) is 0.582. The molecule has 0 bridgehead atoms. The van der Waals surface area contributed by atoms with Crippen molar-refractivity contribution in [1.29, 1.82) is 0 Å². The number of fused-ring (bicyclic) bond motifs is 1. The monoisotopic (exact) mass is 474 g/mol. The lowest BCUT2D eigenvalue weighted by atomic mass is 10.1. The highest BCUT2D eigenvalue weighted by atomic mass is 32.1. The van der Waals surface area contributed by atoms with Crippen LogP contribution < -0.4 is 10.2 Å². The lowest BCUT2D eigenvalue weighted by Crippen LogP contribution is -2.52. The SMILES string of the molecule is Cc1ncsc1-c1ccc(CNC(=O)[C@@H]2CCCN2C(=O)C(C)N2CCc3ccccc32)cc1. The van der Waals surface area contributed by atoms with E-state index < -0.39 is 6.04 Å². The number of anilines is 1. The number of nitrogens with zero attached hydrogens (tertiary/aromatic N) is 3. The number of carbonyl (C=O) groups excluding carboxylic acids is 2. The van der Waals surface area contributed by atoms with E-state index in [0.29, 0.717) is 19.5 Å². The van der Waals surface area contributed by atoms with Gasteiger partial charge in [0.05, 0.1) is 16.1 Å². The Hall–Kier alpha value is -3.19. The van der Waals surface area contributed by atoms with Crippen LogP contribution in [0.2, 0.25) is 0 Å². The summed E-state index contributed by atoms with van der Waals surface area (Å²) in [5.41, 5.74) is 7.49. The Morgan fingerprint density at radius 3 is 2.71 bits per heavy atom. The number of amides is 2. The number of rotatable bonds is 6. The predicted octanol–water partition coefficient (Wildman–Crippen LogP) is 4.18. The Bertz CT molecular complexity index is 1190. The van der Waals surface area contributed by atoms with E-state index in [2.05, 4.69) is 39.5 Å². The third-order valence-electron chi connectivity index (χ3n) is 7.01. The summed E-state index contributed by atoms with van der Waals surface area (Å²) in [6, 6.07) is 15.8. The standard InChI is InChI=1S/C27H30N4O2S/c1-18-25(34-17-29-18)22-11-9-20(10-12-22)16-28-26(32)24-8-5-14-31(24)27(33)19(2)30-15-13-21-6-3-4-7-23(21)30/h3-4,6-7,9-12,17,19,24H,5,8,13-16H2,1-2H3,(H,28,32)/t19?,24-/m0/s1. The molecule has 3 aromatic rings. The molecule has 176 valence electrons. The van der Waals surface area contributed by atoms with E-state index in [1.54, 1.807) is 16.2 Å². The van der Waals surface area contributed by atoms with Gasteiger partial charge in [-0.25, -0.2) is 4.98 Å². The third-order valence-corrected chi connectivity index (χ3v) is 7.99. The van der Waals surface area contributed by atoms with E-state index in [4.69, 9.17) is 0 Å². The van der Waals surface area contributed by atoms with Crippen LogP contribution in [0.3, 0.4) is 0 Å². The molecular weight excluding hydrogens is 444 g/mol. The molecule has 5 rings (SSSR count). The van der Waals surface area contributed by atoms with Gasteiger partial charge < -0.3 is 15.1 Å². The van der Waals surface area contributed by atoms with Gasteiger partial charge in [-0.3, -0.25) is 9.59 Å². The highest BCUT2D eigenvalue weighted by Gasteiger charge is 2.38. The van der Waals surface area contributed by atoms with Crippen molar-refractivity contribution in [3.8, 4) is 10.4 Å². The summed E-state index contributed by atoms with van der Waals surface area (Å²) in [6.45, 7) is 5.91. The van der Waals surface area contributed by atoms with Crippen molar-refractivity contribution in [1.82, 2.24) is 15.2 Å². The van der Waals surface area contributed by atoms with Crippen LogP contribution in [-0.2, 0) is 22.6 Å². The van der Waals surface area contributed by atoms with E-state index in [9.17, 15) is 9.59 Å². The van der Waals surface area contributed by atoms with Gasteiger partial charge in [0.2, 0.25) is 11.8 Å². The van der Waals surface area contributed by atoms with E-state index in [0.717, 1.165) is 41.9 Å². The summed E-state index contributed by atoms with van der Waals surface area (Å²) in [5.74, 6) is -0.0270. The summed E-state index contributed by atoms with van der Waals surface area (Å²) in [4.78, 5) is 35.9. The molecule has 0 saturated carbocycles. The first-order valence-electron chi connectivity index (χ1n) is 11.9. The minimum absolute atomic E-state index is 0.0404. The van der Waals surface area contributed by atoms with Crippen LogP contribution in [0.4, 0.5) is 5.69 Å². The van der Waals surface area contributed by atoms with Crippen LogP contribution in [0.5, 0.6) is 0 Å². The average molecular weight is 475 g/mol. The van der Waals surface area contributed by atoms with Crippen LogP contribution in [0.15, 0.2) is 54.0 Å². The number of aryl methyl sites for hydroxylation is 1. The van der Waals surface area contributed by atoms with Crippen LogP contribution >= 0.6 is 11.3 Å². The molecule has 6 nitrogen and oxygen atoms in total. The molecule has 7 heteroatoms. The second-order valence-electron chi connectivity index (χ2n) is 9.12. The molecule has 1 fully saturated rings. The highest BCUT2D eigenvalue weighted by Crippen LogP contribution is 2.31. The smallest absolute Gasteiger partial charge is 0.245 e. The van der Waals surface area contributed by atoms with E-state index >= 15 is 0 Å². The summed E-state index contributed by atoms with van der Waals surface area (Å²) in [6.07, 6.45) is 2.53. The van der Waals surface area contributed by atoms with Gasteiger partial charge in [-0.05, 0) is 55.9 Å². The van der Waals surface area contributed by atoms with Crippen molar-refractivity contribution in [2.24, 2.45) is 0 Å². The summed E-state index contributed by atoms with van der Waals surface area (Å²) in [5, 5.41) is 3.06. The van der Waals surface area contributed by atoms with Gasteiger partial charge in [-0.2, -0.15) is 0 Å². The number of likely N-dealkylation sites (tertiary alicyclic amines) is 1. The molecule has 2 aliphatic rings. The predicted molar refractivity (Wildman–Crippen MR) is 136 cm³/mol. The van der Waals surface area contributed by atoms with E-state index in [1.807, 2.05) is 43.6 Å². The number of nitrogens with one attached hydrogen (secondary N) is 1. The molecule has 0 aliphatic carbocycles. The van der Waals surface area contributed by atoms with Gasteiger partial charge >= 0.3 is 0 Å². The van der Waals surface area contributed by atoms with Crippen molar-refractivity contribution < 1.29 is 9.59 Å². The van der Waals surface area contributed by atoms with Crippen molar-refractivity contribution in [2.45, 2.75) is 51.7 Å². The second-order valence-corrected chi connectivity index (χ2v) is 9.97. The maximum atomic E-state index is 13.4. The van der Waals surface area contributed by atoms with Gasteiger partial charge in [0.25, 0.3) is 0 Å². The second kappa shape index (κ2) is 9.58. The van der Waals surface area contributed by atoms with Gasteiger partial charge in [0.15, 0.2) is 0 Å². The Morgan fingerprint density at radius 2 is 1.94 bits per heavy atom. The molecule has 2 aromatic carbocycles. The minimum Gasteiger partial charge on any atom is -0.359 e. The topological polar surface area (TPSA) is 65.5 Å². The molecule has 0 spiro atoms. The maximum Gasteiger partial charge on any atom is 0.245 e. The average Bonchev–Trinajstić information content (AvgIpc) is 3.61. The molecule has 2 aliphatic heterocycles. The molecule has 1 aromatic heterocycles. The maximum absolute atomic E-state index is 13.4. The zero-order chi connectivity index (χ0) is 23.7. The first kappa shape index (κ1) is 22.6. The fourth-order valence-electron chi connectivity index (χ4n) is 5.10. The van der Waals surface area contributed by atoms with Gasteiger partial charge in [-0.15, -0.1) is 11.3 Å². The lowest BCUT2D eigenvalue weighted by Gasteiger charge is -2.32. The van der Waals surface area contributed by atoms with Gasteiger partial charge in [-0.1, -0.05) is 42.5 Å². The fourth-order valence-corrected chi connectivity index (χ4v) is 5.91. The van der Waals surface area contributed by atoms with Crippen molar-refractivity contribution >= 4 is 28.8 Å². The number of thiazole rings is 1. The summed E-state index contributed by atoms with van der Waals surface area (Å²) < 4.78 is 0. The summed E-state index contributed by atoms with van der Waals surface area (Å²) >= 11 is 1.63. The molecular formula is C27H30N4O2S. The van der Waals surface area contributed by atoms with Crippen molar-refractivity contribution in [2.75, 3.05) is 18.0 Å². The first-order valence-corrected chi connectivity index (χ1v) is 12.8. The zero-order valence-electron chi connectivity index (χ0n) is 19.7. The van der Waals surface area contributed by atoms with Crippen LogP contribution in [-0.4, -0.2) is 46.9 Å². The number of para-hydroxylation sites is 1. The minimum atomic E-state index is -0.396. The molecule has 3 heterocycles. The molecule has 1 saturated heterocycles. The first-order chi connectivity index (χ1) is 16.5. The number of aromatic nitrogens is 1. The number of hydrogen-bond acceptors (Lipinski definition) is 5. The van der Waals surface area contributed by atoms with Crippen molar-refractivity contribution in [3.63, 3.8) is 0 Å². The number of benzene rings is 2. The number of carbonyl (C=O) groups is 2. The van der Waals surface area contributed by atoms with Crippen LogP contribution in [0, 0.1) is 6.92 Å². The highest BCUT2D eigenvalue weighted by molar-refractivity contribution is 7.13. The van der Waals surface area contributed by atoms with E-state index in [-0.39, 0.29) is 17.9 Å². The summed E-state index contributed by atoms with van der Waals surface area (Å²) in [7, 11) is 0. The zero-order valence-corrected chi connectivity index (χ0v) is 20.5. The Kier molecular flexibility index (Phi) is 6.37. The molecule has 2 amide bonds. The van der Waals surface area contributed by atoms with Crippen LogP contribution in [0.25, 0.3) is 10.4 Å². The molecule has 34 heavy (non-hydrogen) atoms. The Balaban J connectivity index is 1.20. The Labute approximate surface area is 204 Å². The number of hydrogen-bond donors (Lipinski definition) is 1. The largest absolute Gasteiger partial charge is 0.359 e. The Morgan fingerprint density at radius 1 is 1.15 bits per heavy atom. The van der Waals surface area contributed by atoms with E-state index in [1.165, 1.54) is 10.4 Å². The van der Waals surface area contributed by atoms with Gasteiger partial charge in [0.1, 0.15) is 12.1 Å². The molecule has 0 radical (unpaired) electrons. The third kappa shape index (κ3) is 4.32. The lowest BCUT2D eigenvalue weighted by molar-refractivity contribution is -0.139. The molecule has 1 unspecified atom stereocenters. The fraction of sp³-hybridized carbons (Fsp3) is 0.370. The van der Waals surface area contributed by atoms with Crippen LogP contribution in [0.1, 0.15) is 36.6 Å². The van der Waals surface area contributed by atoms with Gasteiger partial charge in [0, 0.05) is 25.3 Å².